The van der Waals surface area contributed by atoms with Gasteiger partial charge in [0.05, 0.1) is 10.0 Å². The molecule has 1 aliphatic heterocycles. The zero-order chi connectivity index (χ0) is 13.3. The topological polar surface area (TPSA) is 41.1 Å². The lowest BCUT2D eigenvalue weighted by molar-refractivity contribution is -0.121. The van der Waals surface area contributed by atoms with Crippen LogP contribution in [0.3, 0.4) is 0 Å². The Morgan fingerprint density at radius 2 is 2.28 bits per heavy atom. The third-order valence-electron chi connectivity index (χ3n) is 3.39. The van der Waals surface area contributed by atoms with Crippen molar-refractivity contribution in [3.8, 4) is 0 Å². The van der Waals surface area contributed by atoms with Gasteiger partial charge in [-0.05, 0) is 66.9 Å². The van der Waals surface area contributed by atoms with Crippen molar-refractivity contribution in [3.05, 3.63) is 28.0 Å². The van der Waals surface area contributed by atoms with Gasteiger partial charge < -0.3 is 10.6 Å². The molecular formula is C13H16BrFN2O. The SMILES string of the molecule is Cc1cc(Br)c(F)cc1NC(=O)C1(C)CCCN1. The first-order valence-corrected chi connectivity index (χ1v) is 6.74. The Bertz CT molecular complexity index is 484. The summed E-state index contributed by atoms with van der Waals surface area (Å²) in [5.74, 6) is -0.481. The molecule has 1 amide bonds. The van der Waals surface area contributed by atoms with Gasteiger partial charge >= 0.3 is 0 Å². The van der Waals surface area contributed by atoms with E-state index in [1.54, 1.807) is 6.07 Å². The number of rotatable bonds is 2. The molecule has 0 saturated carbocycles. The van der Waals surface area contributed by atoms with Gasteiger partial charge in [0, 0.05) is 5.69 Å². The molecular weight excluding hydrogens is 299 g/mol. The highest BCUT2D eigenvalue weighted by molar-refractivity contribution is 9.10. The molecule has 0 radical (unpaired) electrons. The van der Waals surface area contributed by atoms with Gasteiger partial charge in [0.1, 0.15) is 5.82 Å². The van der Waals surface area contributed by atoms with E-state index < -0.39 is 5.54 Å². The predicted molar refractivity (Wildman–Crippen MR) is 73.1 cm³/mol. The maximum Gasteiger partial charge on any atom is 0.244 e. The van der Waals surface area contributed by atoms with Crippen molar-refractivity contribution < 1.29 is 9.18 Å². The molecule has 2 rings (SSSR count). The Morgan fingerprint density at radius 1 is 1.56 bits per heavy atom. The number of amides is 1. The maximum atomic E-state index is 13.5. The summed E-state index contributed by atoms with van der Waals surface area (Å²) >= 11 is 3.12. The second kappa shape index (κ2) is 4.97. The Hall–Kier alpha value is -0.940. The third-order valence-corrected chi connectivity index (χ3v) is 3.99. The number of nitrogens with one attached hydrogen (secondary N) is 2. The van der Waals surface area contributed by atoms with E-state index in [2.05, 4.69) is 26.6 Å². The summed E-state index contributed by atoms with van der Waals surface area (Å²) in [5.41, 5.74) is 0.810. The fourth-order valence-corrected chi connectivity index (χ4v) is 2.59. The zero-order valence-electron chi connectivity index (χ0n) is 10.4. The van der Waals surface area contributed by atoms with Crippen molar-refractivity contribution in [2.75, 3.05) is 11.9 Å². The number of benzene rings is 1. The Kier molecular flexibility index (Phi) is 3.73. The van der Waals surface area contributed by atoms with Crippen molar-refractivity contribution in [3.63, 3.8) is 0 Å². The molecule has 2 N–H and O–H groups in total. The van der Waals surface area contributed by atoms with E-state index in [1.807, 2.05) is 13.8 Å². The van der Waals surface area contributed by atoms with Gasteiger partial charge in [0.2, 0.25) is 5.91 Å². The minimum Gasteiger partial charge on any atom is -0.324 e. The summed E-state index contributed by atoms with van der Waals surface area (Å²) in [4.78, 5) is 12.2. The van der Waals surface area contributed by atoms with Crippen molar-refractivity contribution >= 4 is 27.5 Å². The molecule has 1 saturated heterocycles. The first kappa shape index (κ1) is 13.5. The molecule has 0 aromatic heterocycles. The molecule has 1 fully saturated rings. The molecule has 1 heterocycles. The van der Waals surface area contributed by atoms with Crippen LogP contribution in [0, 0.1) is 12.7 Å². The minimum absolute atomic E-state index is 0.107. The van der Waals surface area contributed by atoms with E-state index in [-0.39, 0.29) is 11.7 Å². The second-order valence-corrected chi connectivity index (χ2v) is 5.75. The van der Waals surface area contributed by atoms with Crippen LogP contribution in [0.5, 0.6) is 0 Å². The van der Waals surface area contributed by atoms with E-state index in [0.717, 1.165) is 24.9 Å². The number of carbonyl (C=O) groups is 1. The van der Waals surface area contributed by atoms with Gasteiger partial charge in [-0.3, -0.25) is 4.79 Å². The van der Waals surface area contributed by atoms with Crippen LogP contribution in [0.25, 0.3) is 0 Å². The number of hydrogen-bond donors (Lipinski definition) is 2. The van der Waals surface area contributed by atoms with Crippen LogP contribution in [-0.4, -0.2) is 18.0 Å². The van der Waals surface area contributed by atoms with Crippen molar-refractivity contribution in [1.29, 1.82) is 0 Å². The molecule has 0 spiro atoms. The lowest BCUT2D eigenvalue weighted by Crippen LogP contribution is -2.48. The number of halogens is 2. The molecule has 3 nitrogen and oxygen atoms in total. The quantitative estimate of drug-likeness (QED) is 0.881. The summed E-state index contributed by atoms with van der Waals surface area (Å²) in [5, 5.41) is 5.98. The summed E-state index contributed by atoms with van der Waals surface area (Å²) in [6, 6.07) is 3.00. The Labute approximate surface area is 114 Å². The van der Waals surface area contributed by atoms with E-state index >= 15 is 0 Å². The normalized spacial score (nSPS) is 23.1. The van der Waals surface area contributed by atoms with Crippen LogP contribution in [0.2, 0.25) is 0 Å². The van der Waals surface area contributed by atoms with Gasteiger partial charge in [-0.2, -0.15) is 0 Å². The predicted octanol–water partition coefficient (Wildman–Crippen LogP) is 2.98. The van der Waals surface area contributed by atoms with E-state index in [4.69, 9.17) is 0 Å². The number of anilines is 1. The highest BCUT2D eigenvalue weighted by Gasteiger charge is 2.36. The number of aryl methyl sites for hydroxylation is 1. The minimum atomic E-state index is -0.546. The molecule has 0 aliphatic carbocycles. The molecule has 98 valence electrons. The molecule has 0 bridgehead atoms. The van der Waals surface area contributed by atoms with Crippen molar-refractivity contribution in [2.24, 2.45) is 0 Å². The average molecular weight is 315 g/mol. The third kappa shape index (κ3) is 2.57. The van der Waals surface area contributed by atoms with Crippen molar-refractivity contribution in [1.82, 2.24) is 5.32 Å². The first-order chi connectivity index (χ1) is 8.42. The van der Waals surface area contributed by atoms with Crippen LogP contribution < -0.4 is 10.6 Å². The van der Waals surface area contributed by atoms with Crippen LogP contribution >= 0.6 is 15.9 Å². The highest BCUT2D eigenvalue weighted by Crippen LogP contribution is 2.26. The summed E-state index contributed by atoms with van der Waals surface area (Å²) in [6.45, 7) is 4.56. The van der Waals surface area contributed by atoms with Crippen LogP contribution in [0.15, 0.2) is 16.6 Å². The average Bonchev–Trinajstić information content (AvgIpc) is 2.74. The largest absolute Gasteiger partial charge is 0.324 e. The lowest BCUT2D eigenvalue weighted by atomic mass is 9.99. The van der Waals surface area contributed by atoms with Crippen molar-refractivity contribution in [2.45, 2.75) is 32.2 Å². The van der Waals surface area contributed by atoms with Gasteiger partial charge in [-0.25, -0.2) is 4.39 Å². The Balaban J connectivity index is 2.19. The van der Waals surface area contributed by atoms with Crippen LogP contribution in [0.4, 0.5) is 10.1 Å². The van der Waals surface area contributed by atoms with Gasteiger partial charge in [-0.15, -0.1) is 0 Å². The molecule has 5 heteroatoms. The summed E-state index contributed by atoms with van der Waals surface area (Å²) in [6.07, 6.45) is 1.79. The van der Waals surface area contributed by atoms with E-state index in [1.165, 1.54) is 6.07 Å². The molecule has 18 heavy (non-hydrogen) atoms. The molecule has 1 unspecified atom stereocenters. The first-order valence-electron chi connectivity index (χ1n) is 5.94. The summed E-state index contributed by atoms with van der Waals surface area (Å²) < 4.78 is 13.9. The monoisotopic (exact) mass is 314 g/mol. The summed E-state index contributed by atoms with van der Waals surface area (Å²) in [7, 11) is 0. The smallest absolute Gasteiger partial charge is 0.244 e. The van der Waals surface area contributed by atoms with E-state index in [9.17, 15) is 9.18 Å². The second-order valence-electron chi connectivity index (χ2n) is 4.90. The maximum absolute atomic E-state index is 13.5. The molecule has 1 aromatic rings. The van der Waals surface area contributed by atoms with E-state index in [0.29, 0.717) is 10.2 Å². The number of carbonyl (C=O) groups excluding carboxylic acids is 1. The van der Waals surface area contributed by atoms with Gasteiger partial charge in [0.25, 0.3) is 0 Å². The van der Waals surface area contributed by atoms with Crippen LogP contribution in [-0.2, 0) is 4.79 Å². The molecule has 1 atom stereocenters. The van der Waals surface area contributed by atoms with Gasteiger partial charge in [0.15, 0.2) is 0 Å². The molecule has 1 aliphatic rings. The molecule has 1 aromatic carbocycles. The van der Waals surface area contributed by atoms with Crippen LogP contribution in [0.1, 0.15) is 25.3 Å². The number of hydrogen-bond acceptors (Lipinski definition) is 2. The highest BCUT2D eigenvalue weighted by atomic mass is 79.9. The van der Waals surface area contributed by atoms with Gasteiger partial charge in [-0.1, -0.05) is 0 Å². The Morgan fingerprint density at radius 3 is 2.89 bits per heavy atom. The standard InChI is InChI=1S/C13H16BrFN2O/c1-8-6-9(14)10(15)7-11(8)17-12(18)13(2)4-3-5-16-13/h6-7,16H,3-5H2,1-2H3,(H,17,18). The fourth-order valence-electron chi connectivity index (χ4n) is 2.13. The lowest BCUT2D eigenvalue weighted by Gasteiger charge is -2.23. The zero-order valence-corrected chi connectivity index (χ0v) is 12.0. The fraction of sp³-hybridized carbons (Fsp3) is 0.462.